The number of hydrogen-bond acceptors (Lipinski definition) is 6. The summed E-state index contributed by atoms with van der Waals surface area (Å²) in [7, 11) is 3.31. The highest BCUT2D eigenvalue weighted by Crippen LogP contribution is 2.32. The molecule has 0 radical (unpaired) electrons. The molecule has 3 aromatic heterocycles. The van der Waals surface area contributed by atoms with Crippen LogP contribution < -0.4 is 14.8 Å². The molecule has 0 aliphatic heterocycles. The van der Waals surface area contributed by atoms with Crippen LogP contribution in [0.4, 0.5) is 11.4 Å². The highest BCUT2D eigenvalue weighted by molar-refractivity contribution is 5.79. The molecule has 33 heavy (non-hydrogen) atoms. The number of nitrogens with one attached hydrogen (secondary N) is 1. The van der Waals surface area contributed by atoms with Gasteiger partial charge in [0.2, 0.25) is 0 Å². The maximum atomic E-state index is 5.62. The Hall–Kier alpha value is -4.33. The number of benzene rings is 2. The smallest absolute Gasteiger partial charge is 0.161 e. The molecule has 0 amide bonds. The Labute approximate surface area is 191 Å². The standard InChI is InChI=1S/C25H24N6O2/c1-16-24(18-7-5-8-20(13-18)32-3)28-25-21(9-6-12-30(16)25)27-19-10-11-22(23(14-19)33-4)31-15-26-17(2)29-31/h5-15,27H,1-4H3. The molecular weight excluding hydrogens is 416 g/mol. The van der Waals surface area contributed by atoms with Gasteiger partial charge in [-0.05, 0) is 50.2 Å². The van der Waals surface area contributed by atoms with Crippen molar-refractivity contribution in [3.8, 4) is 28.4 Å². The number of fused-ring (bicyclic) bond motifs is 1. The maximum absolute atomic E-state index is 5.62. The van der Waals surface area contributed by atoms with E-state index in [1.54, 1.807) is 25.2 Å². The second-order valence-corrected chi connectivity index (χ2v) is 7.64. The summed E-state index contributed by atoms with van der Waals surface area (Å²) in [6, 6.07) is 17.8. The van der Waals surface area contributed by atoms with Crippen LogP contribution in [-0.4, -0.2) is 38.4 Å². The molecule has 5 rings (SSSR count). The van der Waals surface area contributed by atoms with Crippen LogP contribution in [0.3, 0.4) is 0 Å². The van der Waals surface area contributed by atoms with E-state index in [2.05, 4.69) is 26.7 Å². The normalized spacial score (nSPS) is 11.0. The van der Waals surface area contributed by atoms with Crippen LogP contribution in [-0.2, 0) is 0 Å². The SMILES string of the molecule is COc1cccc(-c2nc3c(Nc4ccc(-n5cnc(C)n5)c(OC)c4)cccn3c2C)c1. The molecule has 3 heterocycles. The molecule has 0 fully saturated rings. The number of nitrogens with zero attached hydrogens (tertiary/aromatic N) is 5. The Morgan fingerprint density at radius 3 is 2.58 bits per heavy atom. The van der Waals surface area contributed by atoms with Crippen molar-refractivity contribution in [1.82, 2.24) is 24.1 Å². The third-order valence-electron chi connectivity index (χ3n) is 5.54. The van der Waals surface area contributed by atoms with Gasteiger partial charge in [-0.3, -0.25) is 0 Å². The number of aryl methyl sites for hydroxylation is 2. The van der Waals surface area contributed by atoms with Gasteiger partial charge < -0.3 is 19.2 Å². The first-order valence-electron chi connectivity index (χ1n) is 10.5. The van der Waals surface area contributed by atoms with Crippen molar-refractivity contribution in [1.29, 1.82) is 0 Å². The summed E-state index contributed by atoms with van der Waals surface area (Å²) >= 11 is 0. The molecule has 1 N–H and O–H groups in total. The first-order chi connectivity index (χ1) is 16.1. The van der Waals surface area contributed by atoms with Gasteiger partial charge in [0.15, 0.2) is 5.65 Å². The molecule has 0 bridgehead atoms. The molecule has 0 saturated carbocycles. The molecular formula is C25H24N6O2. The Bertz CT molecular complexity index is 1450. The van der Waals surface area contributed by atoms with E-state index in [1.165, 1.54) is 0 Å². The van der Waals surface area contributed by atoms with Gasteiger partial charge in [0, 0.05) is 29.2 Å². The van der Waals surface area contributed by atoms with Crippen LogP contribution in [0.15, 0.2) is 67.1 Å². The van der Waals surface area contributed by atoms with E-state index in [9.17, 15) is 0 Å². The molecule has 0 unspecified atom stereocenters. The van der Waals surface area contributed by atoms with Crippen molar-refractivity contribution in [2.45, 2.75) is 13.8 Å². The highest BCUT2D eigenvalue weighted by atomic mass is 16.5. The Balaban J connectivity index is 1.53. The minimum absolute atomic E-state index is 0.688. The average molecular weight is 441 g/mol. The van der Waals surface area contributed by atoms with E-state index in [0.29, 0.717) is 11.6 Å². The minimum atomic E-state index is 0.688. The maximum Gasteiger partial charge on any atom is 0.161 e. The molecule has 5 aromatic rings. The molecule has 8 heteroatoms. The molecule has 0 spiro atoms. The van der Waals surface area contributed by atoms with Crippen LogP contribution in [0.25, 0.3) is 22.6 Å². The van der Waals surface area contributed by atoms with Crippen molar-refractivity contribution in [3.63, 3.8) is 0 Å². The zero-order valence-corrected chi connectivity index (χ0v) is 18.9. The average Bonchev–Trinajstić information content (AvgIpc) is 3.43. The van der Waals surface area contributed by atoms with Crippen molar-refractivity contribution in [2.75, 3.05) is 19.5 Å². The second-order valence-electron chi connectivity index (χ2n) is 7.64. The minimum Gasteiger partial charge on any atom is -0.497 e. The van der Waals surface area contributed by atoms with E-state index in [1.807, 2.05) is 67.7 Å². The molecule has 166 valence electrons. The highest BCUT2D eigenvalue weighted by Gasteiger charge is 2.15. The number of ether oxygens (including phenoxy) is 2. The fraction of sp³-hybridized carbons (Fsp3) is 0.160. The summed E-state index contributed by atoms with van der Waals surface area (Å²) in [5.74, 6) is 2.19. The first-order valence-corrected chi connectivity index (χ1v) is 10.5. The van der Waals surface area contributed by atoms with Gasteiger partial charge >= 0.3 is 0 Å². The summed E-state index contributed by atoms with van der Waals surface area (Å²) in [6.07, 6.45) is 3.69. The fourth-order valence-electron chi connectivity index (χ4n) is 3.89. The van der Waals surface area contributed by atoms with Gasteiger partial charge in [-0.2, -0.15) is 5.10 Å². The summed E-state index contributed by atoms with van der Waals surface area (Å²) in [4.78, 5) is 9.16. The van der Waals surface area contributed by atoms with Gasteiger partial charge in [-0.25, -0.2) is 14.6 Å². The van der Waals surface area contributed by atoms with Gasteiger partial charge in [0.25, 0.3) is 0 Å². The van der Waals surface area contributed by atoms with Gasteiger partial charge in [-0.15, -0.1) is 0 Å². The summed E-state index contributed by atoms with van der Waals surface area (Å²) in [5, 5.41) is 7.87. The van der Waals surface area contributed by atoms with Gasteiger partial charge in [0.05, 0.1) is 25.6 Å². The lowest BCUT2D eigenvalue weighted by molar-refractivity contribution is 0.412. The summed E-state index contributed by atoms with van der Waals surface area (Å²) in [5.41, 5.74) is 6.40. The van der Waals surface area contributed by atoms with E-state index in [0.717, 1.165) is 45.4 Å². The topological polar surface area (TPSA) is 78.5 Å². The largest absolute Gasteiger partial charge is 0.497 e. The molecule has 2 aromatic carbocycles. The van der Waals surface area contributed by atoms with E-state index in [4.69, 9.17) is 14.5 Å². The lowest BCUT2D eigenvalue weighted by atomic mass is 10.1. The molecule has 0 aliphatic rings. The van der Waals surface area contributed by atoms with E-state index in [-0.39, 0.29) is 0 Å². The number of imidazole rings is 1. The van der Waals surface area contributed by atoms with E-state index >= 15 is 0 Å². The molecule has 0 saturated heterocycles. The third-order valence-corrected chi connectivity index (χ3v) is 5.54. The van der Waals surface area contributed by atoms with Crippen molar-refractivity contribution >= 4 is 17.0 Å². The molecule has 0 atom stereocenters. The second kappa shape index (κ2) is 8.31. The first kappa shape index (κ1) is 20.6. The fourth-order valence-corrected chi connectivity index (χ4v) is 3.89. The number of pyridine rings is 1. The quantitative estimate of drug-likeness (QED) is 0.402. The zero-order valence-electron chi connectivity index (χ0n) is 18.9. The number of aromatic nitrogens is 5. The van der Waals surface area contributed by atoms with Gasteiger partial charge in [0.1, 0.15) is 29.3 Å². The number of hydrogen-bond donors (Lipinski definition) is 1. The Morgan fingerprint density at radius 1 is 0.939 bits per heavy atom. The van der Waals surface area contributed by atoms with Crippen molar-refractivity contribution in [3.05, 3.63) is 78.6 Å². The monoisotopic (exact) mass is 440 g/mol. The van der Waals surface area contributed by atoms with Gasteiger partial charge in [-0.1, -0.05) is 12.1 Å². The van der Waals surface area contributed by atoms with Crippen LogP contribution >= 0.6 is 0 Å². The summed E-state index contributed by atoms with van der Waals surface area (Å²) in [6.45, 7) is 3.92. The van der Waals surface area contributed by atoms with E-state index < -0.39 is 0 Å². The van der Waals surface area contributed by atoms with Crippen molar-refractivity contribution < 1.29 is 9.47 Å². The van der Waals surface area contributed by atoms with Crippen LogP contribution in [0, 0.1) is 13.8 Å². The lowest BCUT2D eigenvalue weighted by Crippen LogP contribution is -2.01. The molecule has 0 aliphatic carbocycles. The predicted molar refractivity (Wildman–Crippen MR) is 128 cm³/mol. The van der Waals surface area contributed by atoms with Crippen LogP contribution in [0.2, 0.25) is 0 Å². The molecule has 8 nitrogen and oxygen atoms in total. The lowest BCUT2D eigenvalue weighted by Gasteiger charge is -2.12. The van der Waals surface area contributed by atoms with Crippen LogP contribution in [0.1, 0.15) is 11.5 Å². The predicted octanol–water partition coefficient (Wildman–Crippen LogP) is 4.96. The third kappa shape index (κ3) is 3.76. The number of methoxy groups -OCH3 is 2. The summed E-state index contributed by atoms with van der Waals surface area (Å²) < 4.78 is 14.8. The number of anilines is 2. The van der Waals surface area contributed by atoms with Crippen molar-refractivity contribution in [2.24, 2.45) is 0 Å². The number of rotatable bonds is 6. The zero-order chi connectivity index (χ0) is 22.9. The van der Waals surface area contributed by atoms with Crippen LogP contribution in [0.5, 0.6) is 11.5 Å². The Morgan fingerprint density at radius 2 is 1.82 bits per heavy atom. The Kier molecular flexibility index (Phi) is 5.18.